The lowest BCUT2D eigenvalue weighted by molar-refractivity contribution is 0.588. The summed E-state index contributed by atoms with van der Waals surface area (Å²) in [6.07, 6.45) is 2.88. The Morgan fingerprint density at radius 3 is 2.57 bits per heavy atom. The van der Waals surface area contributed by atoms with Crippen LogP contribution < -0.4 is 0 Å². The minimum absolute atomic E-state index is 0.00657. The summed E-state index contributed by atoms with van der Waals surface area (Å²) < 4.78 is 23.5. The lowest BCUT2D eigenvalue weighted by atomic mass is 10.5. The molecule has 0 saturated heterocycles. The monoisotopic (exact) mass is 209 g/mol. The van der Waals surface area contributed by atoms with Gasteiger partial charge in [0.15, 0.2) is 10.1 Å². The predicted octanol–water partition coefficient (Wildman–Crippen LogP) is 0.637. The molecule has 1 N–H and O–H groups in total. The number of pyridine rings is 1. The molecule has 5 nitrogen and oxygen atoms in total. The van der Waals surface area contributed by atoms with Gasteiger partial charge in [0.2, 0.25) is 9.84 Å². The van der Waals surface area contributed by atoms with Gasteiger partial charge < -0.3 is 0 Å². The van der Waals surface area contributed by atoms with E-state index in [9.17, 15) is 8.42 Å². The Morgan fingerprint density at radius 2 is 2.00 bits per heavy atom. The summed E-state index contributed by atoms with van der Waals surface area (Å²) in [5, 5.41) is 6.05. The molecule has 0 aliphatic carbocycles. The summed E-state index contributed by atoms with van der Waals surface area (Å²) in [5.41, 5.74) is 0. The highest BCUT2D eigenvalue weighted by Gasteiger charge is 2.20. The molecule has 14 heavy (non-hydrogen) atoms. The Balaban J connectivity index is 2.55. The smallest absolute Gasteiger partial charge is 0.242 e. The second-order valence-corrected chi connectivity index (χ2v) is 4.43. The zero-order valence-electron chi connectivity index (χ0n) is 7.08. The van der Waals surface area contributed by atoms with Crippen LogP contribution in [-0.2, 0) is 9.84 Å². The third-order valence-electron chi connectivity index (χ3n) is 1.66. The molecule has 0 spiro atoms. The van der Waals surface area contributed by atoms with Gasteiger partial charge in [0.05, 0.1) is 0 Å². The largest absolute Gasteiger partial charge is 0.284 e. The third-order valence-corrected chi connectivity index (χ3v) is 3.23. The van der Waals surface area contributed by atoms with Gasteiger partial charge in [-0.1, -0.05) is 6.07 Å². The maximum atomic E-state index is 11.7. The predicted molar refractivity (Wildman–Crippen MR) is 48.3 cm³/mol. The third kappa shape index (κ3) is 1.39. The minimum atomic E-state index is -3.55. The Kier molecular flexibility index (Phi) is 2.05. The highest BCUT2D eigenvalue weighted by atomic mass is 32.2. The van der Waals surface area contributed by atoms with E-state index in [0.29, 0.717) is 0 Å². The highest BCUT2D eigenvalue weighted by molar-refractivity contribution is 7.91. The van der Waals surface area contributed by atoms with Crippen LogP contribution in [0.3, 0.4) is 0 Å². The van der Waals surface area contributed by atoms with Crippen molar-refractivity contribution in [2.24, 2.45) is 0 Å². The van der Waals surface area contributed by atoms with Crippen molar-refractivity contribution in [1.29, 1.82) is 0 Å². The Bertz CT molecular complexity index is 505. The molecule has 2 rings (SSSR count). The minimum Gasteiger partial charge on any atom is -0.284 e. The second kappa shape index (κ2) is 3.22. The molecule has 0 atom stereocenters. The van der Waals surface area contributed by atoms with Gasteiger partial charge >= 0.3 is 0 Å². The van der Waals surface area contributed by atoms with Crippen molar-refractivity contribution in [2.45, 2.75) is 10.1 Å². The second-order valence-electron chi connectivity index (χ2n) is 2.58. The number of nitrogens with one attached hydrogen (secondary N) is 1. The van der Waals surface area contributed by atoms with Crippen LogP contribution in [0.25, 0.3) is 0 Å². The van der Waals surface area contributed by atoms with Gasteiger partial charge in [0.1, 0.15) is 0 Å². The normalized spacial score (nSPS) is 11.4. The van der Waals surface area contributed by atoms with Gasteiger partial charge in [-0.15, -0.1) is 0 Å². The van der Waals surface area contributed by atoms with Gasteiger partial charge in [-0.3, -0.25) is 5.10 Å². The van der Waals surface area contributed by atoms with E-state index in [1.165, 1.54) is 24.5 Å². The number of aromatic amines is 1. The van der Waals surface area contributed by atoms with Crippen LogP contribution in [0.4, 0.5) is 0 Å². The molecule has 2 aromatic rings. The first-order valence-corrected chi connectivity index (χ1v) is 5.35. The van der Waals surface area contributed by atoms with Crippen molar-refractivity contribution in [2.75, 3.05) is 0 Å². The molecule has 2 aromatic heterocycles. The van der Waals surface area contributed by atoms with Crippen LogP contribution in [-0.4, -0.2) is 23.6 Å². The van der Waals surface area contributed by atoms with Crippen LogP contribution in [0.15, 0.2) is 46.7 Å². The van der Waals surface area contributed by atoms with Crippen LogP contribution in [0.2, 0.25) is 0 Å². The molecular weight excluding hydrogens is 202 g/mol. The molecule has 0 aliphatic heterocycles. The molecule has 72 valence electrons. The molecule has 0 bridgehead atoms. The van der Waals surface area contributed by atoms with Gasteiger partial charge in [-0.2, -0.15) is 5.10 Å². The summed E-state index contributed by atoms with van der Waals surface area (Å²) in [6, 6.07) is 6.10. The number of sulfone groups is 1. The van der Waals surface area contributed by atoms with Crippen LogP contribution in [0.5, 0.6) is 0 Å². The maximum absolute atomic E-state index is 11.7. The molecule has 0 aliphatic rings. The topological polar surface area (TPSA) is 75.7 Å². The van der Waals surface area contributed by atoms with Gasteiger partial charge in [-0.05, 0) is 18.2 Å². The van der Waals surface area contributed by atoms with Crippen molar-refractivity contribution in [1.82, 2.24) is 15.2 Å². The van der Waals surface area contributed by atoms with Crippen LogP contribution >= 0.6 is 0 Å². The highest BCUT2D eigenvalue weighted by Crippen LogP contribution is 2.14. The van der Waals surface area contributed by atoms with E-state index >= 15 is 0 Å². The van der Waals surface area contributed by atoms with E-state index in [2.05, 4.69) is 15.2 Å². The average Bonchev–Trinajstić information content (AvgIpc) is 2.72. The fraction of sp³-hybridized carbons (Fsp3) is 0. The van der Waals surface area contributed by atoms with E-state index in [1.54, 1.807) is 12.1 Å². The molecule has 0 aromatic carbocycles. The fourth-order valence-corrected chi connectivity index (χ4v) is 2.10. The van der Waals surface area contributed by atoms with Gasteiger partial charge in [-0.25, -0.2) is 13.4 Å². The first-order valence-electron chi connectivity index (χ1n) is 3.87. The lowest BCUT2D eigenvalue weighted by Gasteiger charge is -1.97. The molecule has 0 saturated carbocycles. The zero-order valence-corrected chi connectivity index (χ0v) is 7.90. The fourth-order valence-electron chi connectivity index (χ4n) is 1.01. The quantitative estimate of drug-likeness (QED) is 0.787. The van der Waals surface area contributed by atoms with Crippen LogP contribution in [0.1, 0.15) is 0 Å². The van der Waals surface area contributed by atoms with E-state index in [1.807, 2.05) is 0 Å². The van der Waals surface area contributed by atoms with E-state index in [-0.39, 0.29) is 10.1 Å². The first kappa shape index (κ1) is 8.89. The Hall–Kier alpha value is -1.69. The number of H-pyrrole nitrogens is 1. The molecule has 2 heterocycles. The van der Waals surface area contributed by atoms with Crippen molar-refractivity contribution >= 4 is 9.84 Å². The Labute approximate surface area is 80.7 Å². The van der Waals surface area contributed by atoms with E-state index in [4.69, 9.17) is 0 Å². The molecule has 0 fully saturated rings. The van der Waals surface area contributed by atoms with Crippen molar-refractivity contribution in [3.05, 3.63) is 36.7 Å². The number of rotatable bonds is 2. The standard InChI is InChI=1S/C8H7N3O2S/c12-14(13,8-4-6-10-11-8)7-3-1-2-5-9-7/h1-6H,(H,10,11). The molecular formula is C8H7N3O2S. The molecule has 0 unspecified atom stereocenters. The number of nitrogens with zero attached hydrogens (tertiary/aromatic N) is 2. The lowest BCUT2D eigenvalue weighted by Crippen LogP contribution is -2.04. The Morgan fingerprint density at radius 1 is 1.14 bits per heavy atom. The molecule has 6 heteroatoms. The van der Waals surface area contributed by atoms with Crippen molar-refractivity contribution in [3.8, 4) is 0 Å². The maximum Gasteiger partial charge on any atom is 0.242 e. The SMILES string of the molecule is O=S(=O)(c1ccccn1)c1cc[nH]n1. The number of hydrogen-bond acceptors (Lipinski definition) is 4. The summed E-state index contributed by atoms with van der Waals surface area (Å²) >= 11 is 0. The first-order chi connectivity index (χ1) is 6.71. The van der Waals surface area contributed by atoms with E-state index in [0.717, 1.165) is 0 Å². The molecule has 0 amide bonds. The molecule has 0 radical (unpaired) electrons. The summed E-state index contributed by atoms with van der Waals surface area (Å²) in [6.45, 7) is 0. The summed E-state index contributed by atoms with van der Waals surface area (Å²) in [5.74, 6) is 0. The number of aromatic nitrogens is 3. The summed E-state index contributed by atoms with van der Waals surface area (Å²) in [7, 11) is -3.55. The van der Waals surface area contributed by atoms with Crippen molar-refractivity contribution < 1.29 is 8.42 Å². The van der Waals surface area contributed by atoms with Crippen LogP contribution in [0, 0.1) is 0 Å². The summed E-state index contributed by atoms with van der Waals surface area (Å²) in [4.78, 5) is 3.76. The zero-order chi connectivity index (χ0) is 10.0. The van der Waals surface area contributed by atoms with Crippen molar-refractivity contribution in [3.63, 3.8) is 0 Å². The van der Waals surface area contributed by atoms with Gasteiger partial charge in [0.25, 0.3) is 0 Å². The van der Waals surface area contributed by atoms with Gasteiger partial charge in [0, 0.05) is 12.4 Å². The average molecular weight is 209 g/mol. The van der Waals surface area contributed by atoms with E-state index < -0.39 is 9.84 Å². The number of hydrogen-bond donors (Lipinski definition) is 1.